The molecule has 0 unspecified atom stereocenters. The summed E-state index contributed by atoms with van der Waals surface area (Å²) in [7, 11) is 0. The second-order valence-electron chi connectivity index (χ2n) is 6.33. The van der Waals surface area contributed by atoms with E-state index in [4.69, 9.17) is 16.7 Å². The maximum absolute atomic E-state index is 12.1. The van der Waals surface area contributed by atoms with Gasteiger partial charge < -0.3 is 10.1 Å². The molecule has 0 spiro atoms. The lowest BCUT2D eigenvalue weighted by Gasteiger charge is -2.11. The third kappa shape index (κ3) is 9.79. The molecule has 0 aliphatic heterocycles. The second kappa shape index (κ2) is 15.3. The fourth-order valence-electron chi connectivity index (χ4n) is 2.67. The number of azide groups is 1. The summed E-state index contributed by atoms with van der Waals surface area (Å²) in [6, 6.07) is 0. The predicted molar refractivity (Wildman–Crippen MR) is 110 cm³/mol. The number of hydrogen-bond acceptors (Lipinski definition) is 6. The number of hydrogen-bond donors (Lipinski definition) is 1. The van der Waals surface area contributed by atoms with Crippen LogP contribution >= 0.6 is 0 Å². The van der Waals surface area contributed by atoms with Crippen LogP contribution in [0.5, 0.6) is 0 Å². The quantitative estimate of drug-likeness (QED) is 0.117. The molecule has 0 aliphatic rings. The van der Waals surface area contributed by atoms with Gasteiger partial charge in [-0.05, 0) is 44.6 Å². The fourth-order valence-corrected chi connectivity index (χ4v) is 2.67. The Balaban J connectivity index is 2.54. The van der Waals surface area contributed by atoms with Crippen LogP contribution in [-0.2, 0) is 11.2 Å². The number of terminal acetylenes is 1. The predicted octanol–water partition coefficient (Wildman–Crippen LogP) is 4.67. The smallest absolute Gasteiger partial charge is 0.341 e. The molecular formula is C20H30N6O2. The van der Waals surface area contributed by atoms with Gasteiger partial charge in [-0.1, -0.05) is 24.4 Å². The van der Waals surface area contributed by atoms with Crippen molar-refractivity contribution in [2.45, 2.75) is 64.7 Å². The van der Waals surface area contributed by atoms with Crippen molar-refractivity contribution in [3.05, 3.63) is 27.9 Å². The Morgan fingerprint density at radius 2 is 2.07 bits per heavy atom. The van der Waals surface area contributed by atoms with Crippen molar-refractivity contribution < 1.29 is 9.53 Å². The number of ether oxygens (including phenoxy) is 1. The van der Waals surface area contributed by atoms with E-state index in [0.717, 1.165) is 57.9 Å². The molecule has 0 aliphatic carbocycles. The van der Waals surface area contributed by atoms with Gasteiger partial charge in [-0.15, -0.1) is 12.3 Å². The molecule has 1 rings (SSSR count). The molecular weight excluding hydrogens is 356 g/mol. The molecule has 8 nitrogen and oxygen atoms in total. The number of aryl methyl sites for hydroxylation is 1. The van der Waals surface area contributed by atoms with Crippen molar-refractivity contribution in [2.75, 3.05) is 25.0 Å². The van der Waals surface area contributed by atoms with E-state index in [1.165, 1.54) is 0 Å². The van der Waals surface area contributed by atoms with E-state index >= 15 is 0 Å². The molecule has 0 fully saturated rings. The highest BCUT2D eigenvalue weighted by Gasteiger charge is 2.15. The van der Waals surface area contributed by atoms with E-state index in [0.29, 0.717) is 36.8 Å². The Kier molecular flexibility index (Phi) is 12.7. The van der Waals surface area contributed by atoms with Crippen LogP contribution in [0.1, 0.15) is 74.3 Å². The van der Waals surface area contributed by atoms with Gasteiger partial charge in [0.25, 0.3) is 0 Å². The summed E-state index contributed by atoms with van der Waals surface area (Å²) >= 11 is 0. The number of rotatable bonds is 15. The van der Waals surface area contributed by atoms with E-state index in [9.17, 15) is 4.79 Å². The maximum Gasteiger partial charge on any atom is 0.341 e. The van der Waals surface area contributed by atoms with Crippen LogP contribution in [0.3, 0.4) is 0 Å². The molecule has 0 bridgehead atoms. The second-order valence-corrected chi connectivity index (χ2v) is 6.33. The Hall–Kier alpha value is -2.78. The largest absolute Gasteiger partial charge is 0.462 e. The summed E-state index contributed by atoms with van der Waals surface area (Å²) < 4.78 is 5.11. The number of carbonyl (C=O) groups excluding carboxylic acids is 1. The number of aromatic nitrogens is 2. The molecule has 1 heterocycles. The Labute approximate surface area is 167 Å². The van der Waals surface area contributed by atoms with Gasteiger partial charge in [-0.25, -0.2) is 14.8 Å². The van der Waals surface area contributed by atoms with Crippen molar-refractivity contribution in [3.63, 3.8) is 0 Å². The fraction of sp³-hybridized carbons (Fsp3) is 0.650. The lowest BCUT2D eigenvalue weighted by molar-refractivity contribution is 0.0524. The van der Waals surface area contributed by atoms with E-state index in [-0.39, 0.29) is 5.97 Å². The lowest BCUT2D eigenvalue weighted by Crippen LogP contribution is -2.13. The van der Waals surface area contributed by atoms with Gasteiger partial charge in [-0.2, -0.15) is 0 Å². The minimum atomic E-state index is -0.382. The van der Waals surface area contributed by atoms with Crippen LogP contribution in [0, 0.1) is 12.3 Å². The molecule has 0 radical (unpaired) electrons. The lowest BCUT2D eigenvalue weighted by atomic mass is 10.1. The van der Waals surface area contributed by atoms with Crippen molar-refractivity contribution in [3.8, 4) is 12.3 Å². The number of anilines is 1. The van der Waals surface area contributed by atoms with Crippen molar-refractivity contribution in [1.29, 1.82) is 0 Å². The minimum absolute atomic E-state index is 0.320. The highest BCUT2D eigenvalue weighted by atomic mass is 16.5. The molecule has 28 heavy (non-hydrogen) atoms. The highest BCUT2D eigenvalue weighted by Crippen LogP contribution is 2.14. The van der Waals surface area contributed by atoms with Gasteiger partial charge in [0, 0.05) is 30.6 Å². The van der Waals surface area contributed by atoms with Crippen LogP contribution in [0.4, 0.5) is 5.95 Å². The van der Waals surface area contributed by atoms with Gasteiger partial charge in [-0.3, -0.25) is 0 Å². The molecule has 0 saturated carbocycles. The molecule has 1 aromatic heterocycles. The third-order valence-electron chi connectivity index (χ3n) is 4.13. The van der Waals surface area contributed by atoms with Gasteiger partial charge in [0.2, 0.25) is 5.95 Å². The summed E-state index contributed by atoms with van der Waals surface area (Å²) in [4.78, 5) is 23.7. The molecule has 8 heteroatoms. The van der Waals surface area contributed by atoms with Crippen molar-refractivity contribution in [2.24, 2.45) is 5.11 Å². The van der Waals surface area contributed by atoms with Crippen molar-refractivity contribution in [1.82, 2.24) is 9.97 Å². The first-order valence-corrected chi connectivity index (χ1v) is 9.94. The summed E-state index contributed by atoms with van der Waals surface area (Å²) in [5.74, 6) is 2.79. The summed E-state index contributed by atoms with van der Waals surface area (Å²) in [6.45, 7) is 3.40. The average Bonchev–Trinajstić information content (AvgIpc) is 2.70. The Morgan fingerprint density at radius 1 is 1.29 bits per heavy atom. The monoisotopic (exact) mass is 386 g/mol. The van der Waals surface area contributed by atoms with Crippen LogP contribution in [0.2, 0.25) is 0 Å². The zero-order valence-corrected chi connectivity index (χ0v) is 16.7. The number of esters is 1. The number of nitrogens with one attached hydrogen (secondary N) is 1. The standard InChI is InChI=1S/C20H30N6O2/c1-3-5-6-7-10-13-18-17(19(27)28-4-2)16-23-20(25-18)22-14-11-8-9-12-15-24-26-21/h1,16H,4-15H2,2H3,(H,22,23,25). The highest BCUT2D eigenvalue weighted by molar-refractivity contribution is 5.90. The first-order valence-electron chi connectivity index (χ1n) is 9.94. The van der Waals surface area contributed by atoms with Crippen LogP contribution in [0.25, 0.3) is 10.4 Å². The molecule has 152 valence electrons. The van der Waals surface area contributed by atoms with Crippen LogP contribution < -0.4 is 5.32 Å². The van der Waals surface area contributed by atoms with Gasteiger partial charge in [0.05, 0.1) is 17.9 Å². The summed E-state index contributed by atoms with van der Waals surface area (Å²) in [5.41, 5.74) is 9.38. The topological polar surface area (TPSA) is 113 Å². The summed E-state index contributed by atoms with van der Waals surface area (Å²) in [5, 5.41) is 6.73. The van der Waals surface area contributed by atoms with E-state index < -0.39 is 0 Å². The molecule has 0 amide bonds. The maximum atomic E-state index is 12.1. The zero-order chi connectivity index (χ0) is 20.5. The van der Waals surface area contributed by atoms with Gasteiger partial charge in [0.15, 0.2) is 0 Å². The van der Waals surface area contributed by atoms with E-state index in [1.54, 1.807) is 13.1 Å². The Morgan fingerprint density at radius 3 is 2.82 bits per heavy atom. The Bertz CT molecular complexity index is 680. The molecule has 1 N–H and O–H groups in total. The molecule has 0 aromatic carbocycles. The number of unbranched alkanes of at least 4 members (excludes halogenated alkanes) is 6. The first-order chi connectivity index (χ1) is 13.7. The summed E-state index contributed by atoms with van der Waals surface area (Å²) in [6.07, 6.45) is 15.1. The zero-order valence-electron chi connectivity index (χ0n) is 16.7. The number of carbonyl (C=O) groups is 1. The van der Waals surface area contributed by atoms with Gasteiger partial charge in [0.1, 0.15) is 0 Å². The normalized spacial score (nSPS) is 10.0. The van der Waals surface area contributed by atoms with E-state index in [2.05, 4.69) is 31.2 Å². The molecule has 0 saturated heterocycles. The molecule has 0 atom stereocenters. The average molecular weight is 387 g/mol. The third-order valence-corrected chi connectivity index (χ3v) is 4.13. The number of nitrogens with zero attached hydrogens (tertiary/aromatic N) is 5. The van der Waals surface area contributed by atoms with Crippen LogP contribution in [0.15, 0.2) is 11.3 Å². The van der Waals surface area contributed by atoms with E-state index in [1.807, 2.05) is 0 Å². The first kappa shape index (κ1) is 23.3. The van der Waals surface area contributed by atoms with Crippen LogP contribution in [-0.4, -0.2) is 35.6 Å². The van der Waals surface area contributed by atoms with Gasteiger partial charge >= 0.3 is 5.97 Å². The minimum Gasteiger partial charge on any atom is -0.462 e. The van der Waals surface area contributed by atoms with Crippen molar-refractivity contribution >= 4 is 11.9 Å². The molecule has 1 aromatic rings. The SMILES string of the molecule is C#CCCCCCc1nc(NCCCCCCN=[N+]=[N-])ncc1C(=O)OCC.